The van der Waals surface area contributed by atoms with Gasteiger partial charge in [-0.1, -0.05) is 6.07 Å². The van der Waals surface area contributed by atoms with E-state index < -0.39 is 4.92 Å². The number of hydrogen-bond acceptors (Lipinski definition) is 5. The van der Waals surface area contributed by atoms with Gasteiger partial charge in [0.05, 0.1) is 15.9 Å². The van der Waals surface area contributed by atoms with Crippen molar-refractivity contribution in [2.45, 2.75) is 23.8 Å². The zero-order valence-corrected chi connectivity index (χ0v) is 14.2. The summed E-state index contributed by atoms with van der Waals surface area (Å²) in [6.45, 7) is 0.694. The van der Waals surface area contributed by atoms with Gasteiger partial charge in [-0.2, -0.15) is 0 Å². The maximum atomic E-state index is 12.8. The third kappa shape index (κ3) is 3.11. The molecule has 0 spiro atoms. The molecule has 1 amide bonds. The second-order valence-corrected chi connectivity index (χ2v) is 7.14. The van der Waals surface area contributed by atoms with E-state index in [2.05, 4.69) is 0 Å². The van der Waals surface area contributed by atoms with Crippen LogP contribution in [0, 0.1) is 10.1 Å². The normalized spacial score (nSPS) is 17.4. The van der Waals surface area contributed by atoms with Crippen molar-refractivity contribution in [3.63, 3.8) is 0 Å². The topological polar surface area (TPSA) is 63.5 Å². The predicted molar refractivity (Wildman–Crippen MR) is 92.2 cm³/mol. The van der Waals surface area contributed by atoms with Gasteiger partial charge in [0.25, 0.3) is 11.6 Å². The number of nitrogens with zero attached hydrogens (tertiary/aromatic N) is 2. The molecule has 120 valence electrons. The Bertz CT molecular complexity index is 731. The number of nitro groups is 1. The highest BCUT2D eigenvalue weighted by molar-refractivity contribution is 7.98. The minimum atomic E-state index is -0.427. The van der Waals surface area contributed by atoms with E-state index in [-0.39, 0.29) is 17.6 Å². The molecule has 0 radical (unpaired) electrons. The highest BCUT2D eigenvalue weighted by atomic mass is 32.2. The number of carbonyl (C=O) groups excluding carboxylic acids is 1. The van der Waals surface area contributed by atoms with Crippen molar-refractivity contribution in [2.75, 3.05) is 12.8 Å². The van der Waals surface area contributed by atoms with Crippen LogP contribution < -0.4 is 0 Å². The standard InChI is InChI=1S/C16H16N2O3S2/c1-22-14-7-6-11(10-13(14)18(20)21)16(19)17-8-2-4-12(17)15-5-3-9-23-15/h3,5-7,9-10,12H,2,4,8H2,1H3. The maximum Gasteiger partial charge on any atom is 0.283 e. The van der Waals surface area contributed by atoms with Crippen LogP contribution in [0.1, 0.15) is 34.1 Å². The summed E-state index contributed by atoms with van der Waals surface area (Å²) in [7, 11) is 0. The minimum Gasteiger partial charge on any atom is -0.331 e. The SMILES string of the molecule is CSc1ccc(C(=O)N2CCCC2c2cccs2)cc1[N+](=O)[O-]. The van der Waals surface area contributed by atoms with E-state index in [1.165, 1.54) is 22.7 Å². The predicted octanol–water partition coefficient (Wildman–Crippen LogP) is 4.36. The van der Waals surface area contributed by atoms with Crippen molar-refractivity contribution in [3.8, 4) is 0 Å². The Balaban J connectivity index is 1.91. The van der Waals surface area contributed by atoms with Crippen LogP contribution in [0.25, 0.3) is 0 Å². The molecule has 1 unspecified atom stereocenters. The fourth-order valence-corrected chi connectivity index (χ4v) is 4.34. The number of likely N-dealkylation sites (tertiary alicyclic amines) is 1. The molecule has 23 heavy (non-hydrogen) atoms. The van der Waals surface area contributed by atoms with Gasteiger partial charge in [0.1, 0.15) is 0 Å². The lowest BCUT2D eigenvalue weighted by atomic mass is 10.1. The lowest BCUT2D eigenvalue weighted by Crippen LogP contribution is -2.30. The van der Waals surface area contributed by atoms with E-state index in [9.17, 15) is 14.9 Å². The quantitative estimate of drug-likeness (QED) is 0.468. The summed E-state index contributed by atoms with van der Waals surface area (Å²) in [6, 6.07) is 8.86. The molecule has 0 bridgehead atoms. The van der Waals surface area contributed by atoms with Crippen LogP contribution in [-0.2, 0) is 0 Å². The Morgan fingerprint density at radius 1 is 1.43 bits per heavy atom. The fraction of sp³-hybridized carbons (Fsp3) is 0.312. The first-order valence-electron chi connectivity index (χ1n) is 7.28. The third-order valence-electron chi connectivity index (χ3n) is 4.01. The van der Waals surface area contributed by atoms with E-state index in [0.29, 0.717) is 17.0 Å². The van der Waals surface area contributed by atoms with Gasteiger partial charge < -0.3 is 4.90 Å². The molecule has 5 nitrogen and oxygen atoms in total. The van der Waals surface area contributed by atoms with Gasteiger partial charge in [0, 0.05) is 23.1 Å². The number of thiophene rings is 1. The average molecular weight is 348 g/mol. The number of amides is 1. The average Bonchev–Trinajstić information content (AvgIpc) is 3.23. The molecule has 0 N–H and O–H groups in total. The number of nitro benzene ring substituents is 1. The van der Waals surface area contributed by atoms with E-state index in [1.54, 1.807) is 29.7 Å². The summed E-state index contributed by atoms with van der Waals surface area (Å²) in [4.78, 5) is 27.2. The zero-order chi connectivity index (χ0) is 16.4. The van der Waals surface area contributed by atoms with E-state index in [1.807, 2.05) is 22.4 Å². The molecule has 1 aromatic heterocycles. The highest BCUT2D eigenvalue weighted by Crippen LogP contribution is 2.36. The Morgan fingerprint density at radius 3 is 2.91 bits per heavy atom. The van der Waals surface area contributed by atoms with Crippen molar-refractivity contribution < 1.29 is 9.72 Å². The molecule has 1 saturated heterocycles. The van der Waals surface area contributed by atoms with Crippen molar-refractivity contribution in [1.82, 2.24) is 4.90 Å². The summed E-state index contributed by atoms with van der Waals surface area (Å²) in [5.41, 5.74) is 0.383. The molecular formula is C16H16N2O3S2. The first-order chi connectivity index (χ1) is 11.1. The molecule has 1 aliphatic rings. The molecule has 0 aliphatic carbocycles. The van der Waals surface area contributed by atoms with Gasteiger partial charge in [-0.05, 0) is 42.7 Å². The molecule has 2 heterocycles. The molecular weight excluding hydrogens is 332 g/mol. The molecule has 3 rings (SSSR count). The summed E-state index contributed by atoms with van der Waals surface area (Å²) >= 11 is 2.96. The molecule has 1 fully saturated rings. The van der Waals surface area contributed by atoms with Crippen LogP contribution in [0.2, 0.25) is 0 Å². The van der Waals surface area contributed by atoms with Gasteiger partial charge in [0.2, 0.25) is 0 Å². The van der Waals surface area contributed by atoms with Crippen molar-refractivity contribution in [2.24, 2.45) is 0 Å². The molecule has 1 aliphatic heterocycles. The van der Waals surface area contributed by atoms with E-state index >= 15 is 0 Å². The Morgan fingerprint density at radius 2 is 2.26 bits per heavy atom. The molecule has 0 saturated carbocycles. The van der Waals surface area contributed by atoms with Crippen molar-refractivity contribution in [1.29, 1.82) is 0 Å². The maximum absolute atomic E-state index is 12.8. The number of benzene rings is 1. The Kier molecular flexibility index (Phi) is 4.68. The largest absolute Gasteiger partial charge is 0.331 e. The number of carbonyl (C=O) groups is 1. The molecule has 1 aromatic carbocycles. The van der Waals surface area contributed by atoms with Crippen molar-refractivity contribution in [3.05, 3.63) is 56.3 Å². The van der Waals surface area contributed by atoms with E-state index in [4.69, 9.17) is 0 Å². The molecule has 7 heteroatoms. The number of hydrogen-bond donors (Lipinski definition) is 0. The van der Waals surface area contributed by atoms with Crippen LogP contribution >= 0.6 is 23.1 Å². The lowest BCUT2D eigenvalue weighted by Gasteiger charge is -2.24. The zero-order valence-electron chi connectivity index (χ0n) is 12.6. The van der Waals surface area contributed by atoms with Gasteiger partial charge >= 0.3 is 0 Å². The van der Waals surface area contributed by atoms with Crippen LogP contribution in [-0.4, -0.2) is 28.5 Å². The lowest BCUT2D eigenvalue weighted by molar-refractivity contribution is -0.387. The first-order valence-corrected chi connectivity index (χ1v) is 9.39. The fourth-order valence-electron chi connectivity index (χ4n) is 2.92. The summed E-state index contributed by atoms with van der Waals surface area (Å²) < 4.78 is 0. The minimum absolute atomic E-state index is 0.00443. The van der Waals surface area contributed by atoms with Crippen LogP contribution in [0.5, 0.6) is 0 Å². The second kappa shape index (κ2) is 6.72. The Labute approximate surface area is 142 Å². The van der Waals surface area contributed by atoms with Gasteiger partial charge in [0.15, 0.2) is 0 Å². The van der Waals surface area contributed by atoms with Gasteiger partial charge in [-0.25, -0.2) is 0 Å². The third-order valence-corrected chi connectivity index (χ3v) is 5.77. The summed E-state index contributed by atoms with van der Waals surface area (Å²) in [5.74, 6) is -0.128. The molecule has 1 atom stereocenters. The summed E-state index contributed by atoms with van der Waals surface area (Å²) in [6.07, 6.45) is 3.69. The van der Waals surface area contributed by atoms with Crippen LogP contribution in [0.3, 0.4) is 0 Å². The Hall–Kier alpha value is -1.86. The second-order valence-electron chi connectivity index (χ2n) is 5.32. The first kappa shape index (κ1) is 16.0. The van der Waals surface area contributed by atoms with Gasteiger partial charge in [-0.15, -0.1) is 23.1 Å². The van der Waals surface area contributed by atoms with Crippen LogP contribution in [0.4, 0.5) is 5.69 Å². The summed E-state index contributed by atoms with van der Waals surface area (Å²) in [5, 5.41) is 13.2. The number of thioether (sulfide) groups is 1. The van der Waals surface area contributed by atoms with E-state index in [0.717, 1.165) is 12.8 Å². The highest BCUT2D eigenvalue weighted by Gasteiger charge is 2.32. The van der Waals surface area contributed by atoms with Gasteiger partial charge in [-0.3, -0.25) is 14.9 Å². The smallest absolute Gasteiger partial charge is 0.283 e. The van der Waals surface area contributed by atoms with Crippen LogP contribution in [0.15, 0.2) is 40.6 Å². The number of rotatable bonds is 4. The van der Waals surface area contributed by atoms with Crippen molar-refractivity contribution >= 4 is 34.7 Å². The molecule has 2 aromatic rings. The monoisotopic (exact) mass is 348 g/mol.